The van der Waals surface area contributed by atoms with Crippen molar-refractivity contribution in [2.45, 2.75) is 18.3 Å². The Kier molecular flexibility index (Phi) is 3.92. The molecule has 1 heterocycles. The summed E-state index contributed by atoms with van der Waals surface area (Å²) in [6.45, 7) is 0.585. The lowest BCUT2D eigenvalue weighted by Crippen LogP contribution is -2.42. The molecule has 0 radical (unpaired) electrons. The van der Waals surface area contributed by atoms with Gasteiger partial charge in [0.05, 0.1) is 11.5 Å². The molecule has 1 aromatic carbocycles. The van der Waals surface area contributed by atoms with Crippen molar-refractivity contribution in [1.29, 1.82) is 5.26 Å². The maximum atomic E-state index is 11.3. The molecule has 2 rings (SSSR count). The predicted molar refractivity (Wildman–Crippen MR) is 63.2 cm³/mol. The maximum absolute atomic E-state index is 11.3. The summed E-state index contributed by atoms with van der Waals surface area (Å²) in [6, 6.07) is 11.9. The summed E-state index contributed by atoms with van der Waals surface area (Å²) in [5.41, 5.74) is 0.325. The fourth-order valence-corrected chi connectivity index (χ4v) is 2.00. The van der Waals surface area contributed by atoms with Crippen LogP contribution in [0.25, 0.3) is 0 Å². The Labute approximate surface area is 101 Å². The summed E-state index contributed by atoms with van der Waals surface area (Å²) in [4.78, 5) is 11.3. The number of carbonyl (C=O) groups is 1. The van der Waals surface area contributed by atoms with Crippen LogP contribution in [0.5, 0.6) is 0 Å². The lowest BCUT2D eigenvalue weighted by atomic mass is 9.74. The second-order valence-electron chi connectivity index (χ2n) is 3.84. The van der Waals surface area contributed by atoms with Gasteiger partial charge >= 0.3 is 0 Å². The summed E-state index contributed by atoms with van der Waals surface area (Å²) in [5, 5.41) is 12.0. The van der Waals surface area contributed by atoms with Gasteiger partial charge in [-0.3, -0.25) is 4.79 Å². The number of halogens is 1. The number of hydrogen-bond acceptors (Lipinski definition) is 2. The molecule has 84 valence electrons. The number of rotatable bonds is 1. The Hall–Kier alpha value is -1.53. The quantitative estimate of drug-likeness (QED) is 0.808. The van der Waals surface area contributed by atoms with Gasteiger partial charge in [-0.1, -0.05) is 30.3 Å². The molecular formula is C12H13ClN2O. The number of amides is 1. The lowest BCUT2D eigenvalue weighted by Gasteiger charge is -2.30. The van der Waals surface area contributed by atoms with E-state index in [2.05, 4.69) is 11.4 Å². The van der Waals surface area contributed by atoms with Gasteiger partial charge in [-0.15, -0.1) is 12.4 Å². The minimum Gasteiger partial charge on any atom is -0.356 e. The van der Waals surface area contributed by atoms with E-state index in [1.54, 1.807) is 0 Å². The van der Waals surface area contributed by atoms with Crippen LogP contribution in [-0.4, -0.2) is 12.5 Å². The van der Waals surface area contributed by atoms with Gasteiger partial charge in [-0.2, -0.15) is 5.26 Å². The third kappa shape index (κ3) is 2.17. The van der Waals surface area contributed by atoms with Crippen molar-refractivity contribution in [1.82, 2.24) is 5.32 Å². The molecule has 0 spiro atoms. The van der Waals surface area contributed by atoms with Gasteiger partial charge in [0.25, 0.3) is 0 Å². The highest BCUT2D eigenvalue weighted by atomic mass is 35.5. The van der Waals surface area contributed by atoms with Crippen molar-refractivity contribution in [3.8, 4) is 6.07 Å². The highest BCUT2D eigenvalue weighted by molar-refractivity contribution is 5.85. The molecular weight excluding hydrogens is 224 g/mol. The molecule has 1 amide bonds. The summed E-state index contributed by atoms with van der Waals surface area (Å²) < 4.78 is 0. The molecule has 1 aromatic rings. The highest BCUT2D eigenvalue weighted by Gasteiger charge is 2.37. The molecule has 0 saturated carbocycles. The van der Waals surface area contributed by atoms with E-state index in [0.29, 0.717) is 13.0 Å². The number of piperidine rings is 1. The maximum Gasteiger partial charge on any atom is 0.221 e. The molecule has 0 aliphatic carbocycles. The topological polar surface area (TPSA) is 52.9 Å². The largest absolute Gasteiger partial charge is 0.356 e. The second-order valence-corrected chi connectivity index (χ2v) is 3.84. The number of nitriles is 1. The average Bonchev–Trinajstić information content (AvgIpc) is 2.30. The molecule has 3 nitrogen and oxygen atoms in total. The zero-order chi connectivity index (χ0) is 10.7. The zero-order valence-electron chi connectivity index (χ0n) is 8.77. The zero-order valence-corrected chi connectivity index (χ0v) is 9.59. The van der Waals surface area contributed by atoms with Crippen LogP contribution >= 0.6 is 12.4 Å². The van der Waals surface area contributed by atoms with Crippen LogP contribution in [0.1, 0.15) is 18.4 Å². The number of benzene rings is 1. The molecule has 1 aliphatic heterocycles. The first-order valence-corrected chi connectivity index (χ1v) is 5.00. The Morgan fingerprint density at radius 2 is 2.00 bits per heavy atom. The van der Waals surface area contributed by atoms with Crippen LogP contribution in [0.15, 0.2) is 30.3 Å². The minimum absolute atomic E-state index is 0. The van der Waals surface area contributed by atoms with E-state index in [-0.39, 0.29) is 24.7 Å². The molecule has 1 saturated heterocycles. The SMILES string of the molecule is Cl.N#CC1(c2ccccc2)CCNC(=O)C1. The van der Waals surface area contributed by atoms with E-state index >= 15 is 0 Å². The predicted octanol–water partition coefficient (Wildman–Crippen LogP) is 1.78. The summed E-state index contributed by atoms with van der Waals surface area (Å²) in [6.07, 6.45) is 0.965. The normalized spacial score (nSPS) is 23.8. The van der Waals surface area contributed by atoms with Gasteiger partial charge in [0, 0.05) is 13.0 Å². The number of hydrogen-bond donors (Lipinski definition) is 1. The fraction of sp³-hybridized carbons (Fsp3) is 0.333. The Bertz CT molecular complexity index is 413. The van der Waals surface area contributed by atoms with E-state index in [9.17, 15) is 10.1 Å². The van der Waals surface area contributed by atoms with E-state index in [4.69, 9.17) is 0 Å². The lowest BCUT2D eigenvalue weighted by molar-refractivity contribution is -0.123. The third-order valence-electron chi connectivity index (χ3n) is 2.88. The average molecular weight is 237 g/mol. The van der Waals surface area contributed by atoms with E-state index < -0.39 is 5.41 Å². The minimum atomic E-state index is -0.621. The number of nitrogens with zero attached hydrogens (tertiary/aromatic N) is 1. The highest BCUT2D eigenvalue weighted by Crippen LogP contribution is 2.32. The standard InChI is InChI=1S/C12H12N2O.ClH/c13-9-12(6-7-14-11(15)8-12)10-4-2-1-3-5-10;/h1-5H,6-8H2,(H,14,15);1H. The fourth-order valence-electron chi connectivity index (χ4n) is 2.00. The molecule has 1 aliphatic rings. The van der Waals surface area contributed by atoms with Gasteiger partial charge < -0.3 is 5.32 Å². The van der Waals surface area contributed by atoms with Crippen LogP contribution < -0.4 is 5.32 Å². The summed E-state index contributed by atoms with van der Waals surface area (Å²) >= 11 is 0. The molecule has 0 aromatic heterocycles. The number of nitrogens with one attached hydrogen (secondary N) is 1. The van der Waals surface area contributed by atoms with Gasteiger partial charge in [0.1, 0.15) is 0 Å². The molecule has 1 unspecified atom stereocenters. The Morgan fingerprint density at radius 1 is 1.31 bits per heavy atom. The monoisotopic (exact) mass is 236 g/mol. The van der Waals surface area contributed by atoms with Crippen molar-refractivity contribution in [2.24, 2.45) is 0 Å². The molecule has 1 atom stereocenters. The van der Waals surface area contributed by atoms with Crippen LogP contribution in [0, 0.1) is 11.3 Å². The van der Waals surface area contributed by atoms with Crippen molar-refractivity contribution in [3.05, 3.63) is 35.9 Å². The summed E-state index contributed by atoms with van der Waals surface area (Å²) in [5.74, 6) is -0.0355. The Balaban J connectivity index is 0.00000128. The van der Waals surface area contributed by atoms with Gasteiger partial charge in [-0.25, -0.2) is 0 Å². The third-order valence-corrected chi connectivity index (χ3v) is 2.88. The number of carbonyl (C=O) groups excluding carboxylic acids is 1. The van der Waals surface area contributed by atoms with Crippen molar-refractivity contribution < 1.29 is 4.79 Å². The van der Waals surface area contributed by atoms with Crippen molar-refractivity contribution in [2.75, 3.05) is 6.54 Å². The Morgan fingerprint density at radius 3 is 2.56 bits per heavy atom. The molecule has 4 heteroatoms. The molecule has 16 heavy (non-hydrogen) atoms. The summed E-state index contributed by atoms with van der Waals surface area (Å²) in [7, 11) is 0. The first-order chi connectivity index (χ1) is 7.27. The van der Waals surface area contributed by atoms with Crippen molar-refractivity contribution in [3.63, 3.8) is 0 Å². The van der Waals surface area contributed by atoms with E-state index in [0.717, 1.165) is 5.56 Å². The van der Waals surface area contributed by atoms with Gasteiger partial charge in [-0.05, 0) is 12.0 Å². The van der Waals surface area contributed by atoms with Crippen LogP contribution in [0.3, 0.4) is 0 Å². The van der Waals surface area contributed by atoms with E-state index in [1.165, 1.54) is 0 Å². The molecule has 0 bridgehead atoms. The van der Waals surface area contributed by atoms with Crippen LogP contribution in [-0.2, 0) is 10.2 Å². The smallest absolute Gasteiger partial charge is 0.221 e. The van der Waals surface area contributed by atoms with Crippen molar-refractivity contribution >= 4 is 18.3 Å². The van der Waals surface area contributed by atoms with Crippen LogP contribution in [0.2, 0.25) is 0 Å². The van der Waals surface area contributed by atoms with Gasteiger partial charge in [0.2, 0.25) is 5.91 Å². The second kappa shape index (κ2) is 5.00. The first kappa shape index (κ1) is 12.5. The molecule has 1 N–H and O–H groups in total. The molecule has 1 fully saturated rings. The van der Waals surface area contributed by atoms with Crippen LogP contribution in [0.4, 0.5) is 0 Å². The first-order valence-electron chi connectivity index (χ1n) is 5.00. The van der Waals surface area contributed by atoms with E-state index in [1.807, 2.05) is 30.3 Å². The van der Waals surface area contributed by atoms with Gasteiger partial charge in [0.15, 0.2) is 0 Å².